The molecule has 0 radical (unpaired) electrons. The maximum absolute atomic E-state index is 12.0. The lowest BCUT2D eigenvalue weighted by Gasteiger charge is -2.27. The van der Waals surface area contributed by atoms with Gasteiger partial charge < -0.3 is 15.7 Å². The van der Waals surface area contributed by atoms with Crippen molar-refractivity contribution in [2.24, 2.45) is 5.92 Å². The molecule has 0 aliphatic heterocycles. The first-order valence-electron chi connectivity index (χ1n) is 6.90. The van der Waals surface area contributed by atoms with E-state index < -0.39 is 0 Å². The molecule has 2 amide bonds. The third kappa shape index (κ3) is 4.05. The van der Waals surface area contributed by atoms with Gasteiger partial charge in [0.1, 0.15) is 0 Å². The zero-order valence-electron chi connectivity index (χ0n) is 11.5. The first-order valence-corrected chi connectivity index (χ1v) is 7.71. The van der Waals surface area contributed by atoms with Crippen LogP contribution in [0.2, 0.25) is 0 Å². The minimum Gasteiger partial charge on any atom is -0.393 e. The van der Waals surface area contributed by atoms with Crippen LogP contribution in [0.15, 0.2) is 12.1 Å². The average Bonchev–Trinajstić information content (AvgIpc) is 2.85. The molecule has 1 saturated carbocycles. The van der Waals surface area contributed by atoms with Gasteiger partial charge in [-0.25, -0.2) is 0 Å². The molecule has 1 aliphatic rings. The van der Waals surface area contributed by atoms with Gasteiger partial charge >= 0.3 is 0 Å². The van der Waals surface area contributed by atoms with Gasteiger partial charge in [0, 0.05) is 19.4 Å². The Balaban J connectivity index is 1.85. The van der Waals surface area contributed by atoms with Crippen LogP contribution in [0.4, 0.5) is 5.00 Å². The molecule has 110 valence electrons. The second-order valence-corrected chi connectivity index (χ2v) is 6.25. The SMILES string of the molecule is CC(=O)Nc1ccc(C(=O)NCC2CCCCC2O)s1. The van der Waals surface area contributed by atoms with Gasteiger partial charge in [-0.3, -0.25) is 9.59 Å². The fourth-order valence-electron chi connectivity index (χ4n) is 2.44. The Morgan fingerprint density at radius 1 is 1.35 bits per heavy atom. The average molecular weight is 296 g/mol. The first kappa shape index (κ1) is 15.0. The summed E-state index contributed by atoms with van der Waals surface area (Å²) in [5.41, 5.74) is 0. The number of anilines is 1. The molecule has 20 heavy (non-hydrogen) atoms. The van der Waals surface area contributed by atoms with Crippen molar-refractivity contribution in [2.45, 2.75) is 38.7 Å². The maximum atomic E-state index is 12.0. The highest BCUT2D eigenvalue weighted by molar-refractivity contribution is 7.18. The zero-order valence-corrected chi connectivity index (χ0v) is 12.3. The van der Waals surface area contributed by atoms with Gasteiger partial charge in [0.2, 0.25) is 5.91 Å². The van der Waals surface area contributed by atoms with Crippen molar-refractivity contribution in [1.29, 1.82) is 0 Å². The minimum atomic E-state index is -0.303. The van der Waals surface area contributed by atoms with E-state index in [0.29, 0.717) is 16.4 Å². The van der Waals surface area contributed by atoms with Gasteiger partial charge in [-0.1, -0.05) is 12.8 Å². The molecular weight excluding hydrogens is 276 g/mol. The molecule has 0 saturated heterocycles. The van der Waals surface area contributed by atoms with Crippen LogP contribution in [0.3, 0.4) is 0 Å². The van der Waals surface area contributed by atoms with Crippen LogP contribution in [0, 0.1) is 5.92 Å². The van der Waals surface area contributed by atoms with Crippen LogP contribution >= 0.6 is 11.3 Å². The molecule has 2 atom stereocenters. The van der Waals surface area contributed by atoms with E-state index in [2.05, 4.69) is 10.6 Å². The number of hydrogen-bond acceptors (Lipinski definition) is 4. The topological polar surface area (TPSA) is 78.4 Å². The summed E-state index contributed by atoms with van der Waals surface area (Å²) >= 11 is 1.25. The number of aliphatic hydroxyl groups is 1. The summed E-state index contributed by atoms with van der Waals surface area (Å²) in [6, 6.07) is 3.42. The molecule has 1 aliphatic carbocycles. The lowest BCUT2D eigenvalue weighted by molar-refractivity contribution is -0.114. The van der Waals surface area contributed by atoms with Crippen LogP contribution in [0.5, 0.6) is 0 Å². The summed E-state index contributed by atoms with van der Waals surface area (Å²) in [4.78, 5) is 23.5. The number of hydrogen-bond donors (Lipinski definition) is 3. The van der Waals surface area contributed by atoms with E-state index in [1.165, 1.54) is 18.3 Å². The van der Waals surface area contributed by atoms with E-state index in [4.69, 9.17) is 0 Å². The first-order chi connectivity index (χ1) is 9.56. The molecule has 2 rings (SSSR count). The van der Waals surface area contributed by atoms with Crippen LogP contribution in [-0.2, 0) is 4.79 Å². The van der Waals surface area contributed by atoms with E-state index in [-0.39, 0.29) is 23.8 Å². The van der Waals surface area contributed by atoms with Crippen molar-refractivity contribution in [3.8, 4) is 0 Å². The van der Waals surface area contributed by atoms with Crippen molar-refractivity contribution in [3.63, 3.8) is 0 Å². The van der Waals surface area contributed by atoms with Crippen molar-refractivity contribution < 1.29 is 14.7 Å². The van der Waals surface area contributed by atoms with Gasteiger partial charge in [0.05, 0.1) is 16.0 Å². The minimum absolute atomic E-state index is 0.149. The summed E-state index contributed by atoms with van der Waals surface area (Å²) in [5, 5.41) is 16.0. The van der Waals surface area contributed by atoms with E-state index in [1.807, 2.05) is 0 Å². The predicted molar refractivity (Wildman–Crippen MR) is 78.9 cm³/mol. The molecular formula is C14H20N2O3S. The number of rotatable bonds is 4. The fraction of sp³-hybridized carbons (Fsp3) is 0.571. The second kappa shape index (κ2) is 6.85. The van der Waals surface area contributed by atoms with Crippen molar-refractivity contribution in [2.75, 3.05) is 11.9 Å². The monoisotopic (exact) mass is 296 g/mol. The number of thiophene rings is 1. The molecule has 1 aromatic heterocycles. The molecule has 1 fully saturated rings. The third-order valence-electron chi connectivity index (χ3n) is 3.52. The molecule has 3 N–H and O–H groups in total. The molecule has 5 nitrogen and oxygen atoms in total. The molecule has 2 unspecified atom stereocenters. The van der Waals surface area contributed by atoms with Gasteiger partial charge in [-0.2, -0.15) is 0 Å². The Bertz CT molecular complexity index is 487. The normalized spacial score (nSPS) is 22.3. The Morgan fingerprint density at radius 3 is 2.80 bits per heavy atom. The molecule has 0 aromatic carbocycles. The van der Waals surface area contributed by atoms with E-state index in [9.17, 15) is 14.7 Å². The zero-order chi connectivity index (χ0) is 14.5. The number of amides is 2. The Morgan fingerprint density at radius 2 is 2.10 bits per heavy atom. The standard InChI is InChI=1S/C14H20N2O3S/c1-9(17)16-13-7-6-12(20-13)14(19)15-8-10-4-2-3-5-11(10)18/h6-7,10-11,18H,2-5,8H2,1H3,(H,15,19)(H,16,17). The van der Waals surface area contributed by atoms with E-state index in [0.717, 1.165) is 25.7 Å². The lowest BCUT2D eigenvalue weighted by Crippen LogP contribution is -2.36. The van der Waals surface area contributed by atoms with Crippen LogP contribution in [-0.4, -0.2) is 29.6 Å². The van der Waals surface area contributed by atoms with Gasteiger partial charge in [0.15, 0.2) is 0 Å². The number of carbonyl (C=O) groups excluding carboxylic acids is 2. The lowest BCUT2D eigenvalue weighted by atomic mass is 9.86. The summed E-state index contributed by atoms with van der Waals surface area (Å²) in [5.74, 6) is -0.143. The second-order valence-electron chi connectivity index (χ2n) is 5.17. The van der Waals surface area contributed by atoms with Crippen molar-refractivity contribution in [1.82, 2.24) is 5.32 Å². The Labute approximate surface area is 122 Å². The molecule has 1 heterocycles. The summed E-state index contributed by atoms with van der Waals surface area (Å²) < 4.78 is 0. The van der Waals surface area contributed by atoms with Gasteiger partial charge in [0.25, 0.3) is 5.91 Å². The molecule has 0 bridgehead atoms. The maximum Gasteiger partial charge on any atom is 0.261 e. The number of aliphatic hydroxyl groups excluding tert-OH is 1. The van der Waals surface area contributed by atoms with Gasteiger partial charge in [-0.15, -0.1) is 11.3 Å². The largest absolute Gasteiger partial charge is 0.393 e. The fourth-order valence-corrected chi connectivity index (χ4v) is 3.31. The number of nitrogens with one attached hydrogen (secondary N) is 2. The predicted octanol–water partition coefficient (Wildman–Crippen LogP) is 1.99. The van der Waals surface area contributed by atoms with Crippen molar-refractivity contribution >= 4 is 28.2 Å². The third-order valence-corrected chi connectivity index (χ3v) is 4.52. The van der Waals surface area contributed by atoms with Crippen molar-refractivity contribution in [3.05, 3.63) is 17.0 Å². The highest BCUT2D eigenvalue weighted by Gasteiger charge is 2.23. The van der Waals surface area contributed by atoms with Crippen LogP contribution in [0.1, 0.15) is 42.3 Å². The summed E-state index contributed by atoms with van der Waals surface area (Å²) in [6.45, 7) is 1.94. The van der Waals surface area contributed by atoms with Crippen LogP contribution in [0.25, 0.3) is 0 Å². The summed E-state index contributed by atoms with van der Waals surface area (Å²) in [7, 11) is 0. The van der Waals surface area contributed by atoms with E-state index >= 15 is 0 Å². The molecule has 1 aromatic rings. The highest BCUT2D eigenvalue weighted by Crippen LogP contribution is 2.24. The van der Waals surface area contributed by atoms with Crippen LogP contribution < -0.4 is 10.6 Å². The number of carbonyl (C=O) groups is 2. The quantitative estimate of drug-likeness (QED) is 0.795. The molecule has 0 spiro atoms. The summed E-state index contributed by atoms with van der Waals surface area (Å²) in [6.07, 6.45) is 3.66. The smallest absolute Gasteiger partial charge is 0.261 e. The Kier molecular flexibility index (Phi) is 5.14. The van der Waals surface area contributed by atoms with E-state index in [1.54, 1.807) is 12.1 Å². The van der Waals surface area contributed by atoms with Gasteiger partial charge in [-0.05, 0) is 25.0 Å². The molecule has 6 heteroatoms. The Hall–Kier alpha value is -1.40. The highest BCUT2D eigenvalue weighted by atomic mass is 32.1.